The maximum absolute atomic E-state index is 5.96. The van der Waals surface area contributed by atoms with E-state index in [0.29, 0.717) is 6.61 Å². The van der Waals surface area contributed by atoms with E-state index in [9.17, 15) is 0 Å². The van der Waals surface area contributed by atoms with Gasteiger partial charge in [-0.15, -0.1) is 0 Å². The highest BCUT2D eigenvalue weighted by Gasteiger charge is 2.27. The Morgan fingerprint density at radius 1 is 1.15 bits per heavy atom. The lowest BCUT2D eigenvalue weighted by molar-refractivity contribution is 0.305. The maximum atomic E-state index is 5.96. The summed E-state index contributed by atoms with van der Waals surface area (Å²) in [5.74, 6) is 1.73. The first-order chi connectivity index (χ1) is 12.3. The lowest BCUT2D eigenvalue weighted by Gasteiger charge is -2.31. The van der Waals surface area contributed by atoms with Gasteiger partial charge in [0.15, 0.2) is 11.5 Å². The first kappa shape index (κ1) is 18.8. The van der Waals surface area contributed by atoms with Crippen molar-refractivity contribution in [2.24, 2.45) is 0 Å². The van der Waals surface area contributed by atoms with E-state index >= 15 is 0 Å². The fourth-order valence-electron chi connectivity index (χ4n) is 3.77. The molecule has 3 rings (SSSR count). The second-order valence-corrected chi connectivity index (χ2v) is 8.12. The quantitative estimate of drug-likeness (QED) is 0.845. The van der Waals surface area contributed by atoms with E-state index < -0.39 is 0 Å². The number of hydrogen-bond acceptors (Lipinski definition) is 3. The molecule has 1 N–H and O–H groups in total. The van der Waals surface area contributed by atoms with Crippen molar-refractivity contribution in [1.82, 2.24) is 5.32 Å². The normalized spacial score (nSPS) is 16.9. The van der Waals surface area contributed by atoms with Crippen molar-refractivity contribution in [3.63, 3.8) is 0 Å². The zero-order valence-electron chi connectivity index (χ0n) is 16.9. The molecule has 0 amide bonds. The van der Waals surface area contributed by atoms with Crippen molar-refractivity contribution in [2.75, 3.05) is 20.3 Å². The monoisotopic (exact) mass is 353 g/mol. The summed E-state index contributed by atoms with van der Waals surface area (Å²) >= 11 is 0. The molecule has 0 spiro atoms. The summed E-state index contributed by atoms with van der Waals surface area (Å²) in [5, 5.41) is 3.71. The molecule has 0 saturated carbocycles. The number of ether oxygens (including phenoxy) is 2. The van der Waals surface area contributed by atoms with Crippen LogP contribution in [-0.2, 0) is 11.8 Å². The van der Waals surface area contributed by atoms with E-state index in [4.69, 9.17) is 9.47 Å². The topological polar surface area (TPSA) is 30.5 Å². The van der Waals surface area contributed by atoms with Crippen LogP contribution in [0, 0.1) is 6.92 Å². The molecule has 3 nitrogen and oxygen atoms in total. The number of hydrogen-bond donors (Lipinski definition) is 1. The van der Waals surface area contributed by atoms with Crippen LogP contribution in [0.25, 0.3) is 0 Å². The Bertz CT molecular complexity index is 790. The van der Waals surface area contributed by atoms with Gasteiger partial charge in [-0.05, 0) is 48.4 Å². The summed E-state index contributed by atoms with van der Waals surface area (Å²) in [4.78, 5) is 0. The zero-order chi connectivity index (χ0) is 18.9. The van der Waals surface area contributed by atoms with E-state index in [0.717, 1.165) is 24.5 Å². The summed E-state index contributed by atoms with van der Waals surface area (Å²) in [6, 6.07) is 11.4. The number of nitrogens with one attached hydrogen (secondary N) is 1. The molecule has 140 valence electrons. The van der Waals surface area contributed by atoms with Gasteiger partial charge in [0.2, 0.25) is 0 Å². The average molecular weight is 354 g/mol. The first-order valence-electron chi connectivity index (χ1n) is 9.53. The minimum absolute atomic E-state index is 0.134. The SMILES string of the molecule is CCOc1c(OC)ccc2c1CCNC2c1cc(C)cc(C(C)(C)C)c1. The minimum Gasteiger partial charge on any atom is -0.493 e. The van der Waals surface area contributed by atoms with Gasteiger partial charge in [0.05, 0.1) is 19.8 Å². The molecule has 0 radical (unpaired) electrons. The third-order valence-electron chi connectivity index (χ3n) is 5.10. The van der Waals surface area contributed by atoms with Crippen molar-refractivity contribution < 1.29 is 9.47 Å². The lowest BCUT2D eigenvalue weighted by Crippen LogP contribution is -2.31. The van der Waals surface area contributed by atoms with E-state index in [1.54, 1.807) is 7.11 Å². The average Bonchev–Trinajstić information content (AvgIpc) is 2.60. The fourth-order valence-corrected chi connectivity index (χ4v) is 3.77. The molecule has 1 heterocycles. The van der Waals surface area contributed by atoms with E-state index in [1.807, 2.05) is 13.0 Å². The Kier molecular flexibility index (Phi) is 5.29. The third kappa shape index (κ3) is 3.59. The molecule has 1 aliphatic heterocycles. The molecule has 0 saturated heterocycles. The predicted molar refractivity (Wildman–Crippen MR) is 108 cm³/mol. The molecule has 1 unspecified atom stereocenters. The molecule has 3 heteroatoms. The third-order valence-corrected chi connectivity index (χ3v) is 5.10. The number of fused-ring (bicyclic) bond motifs is 1. The van der Waals surface area contributed by atoms with Gasteiger partial charge in [0.1, 0.15) is 0 Å². The summed E-state index contributed by atoms with van der Waals surface area (Å²) in [7, 11) is 1.71. The lowest BCUT2D eigenvalue weighted by atomic mass is 9.82. The van der Waals surface area contributed by atoms with Crippen LogP contribution in [0.2, 0.25) is 0 Å². The Balaban J connectivity index is 2.11. The van der Waals surface area contributed by atoms with Gasteiger partial charge in [-0.3, -0.25) is 0 Å². The molecule has 0 bridgehead atoms. The van der Waals surface area contributed by atoms with Gasteiger partial charge in [0.25, 0.3) is 0 Å². The molecular weight excluding hydrogens is 322 g/mol. The van der Waals surface area contributed by atoms with Gasteiger partial charge in [-0.25, -0.2) is 0 Å². The van der Waals surface area contributed by atoms with Gasteiger partial charge >= 0.3 is 0 Å². The number of aryl methyl sites for hydroxylation is 1. The van der Waals surface area contributed by atoms with Gasteiger partial charge in [-0.1, -0.05) is 50.6 Å². The fraction of sp³-hybridized carbons (Fsp3) is 0.478. The van der Waals surface area contributed by atoms with Crippen LogP contribution in [0.5, 0.6) is 11.5 Å². The van der Waals surface area contributed by atoms with Crippen LogP contribution in [-0.4, -0.2) is 20.3 Å². The standard InChI is InChI=1S/C23H31NO2/c1-7-26-22-19-10-11-24-21(18(19)8-9-20(22)25-6)16-12-15(2)13-17(14-16)23(3,4)5/h8-9,12-14,21,24H,7,10-11H2,1-6H3. The highest BCUT2D eigenvalue weighted by atomic mass is 16.5. The van der Waals surface area contributed by atoms with Gasteiger partial charge < -0.3 is 14.8 Å². The summed E-state index contributed by atoms with van der Waals surface area (Å²) < 4.78 is 11.5. The highest BCUT2D eigenvalue weighted by molar-refractivity contribution is 5.55. The summed E-state index contributed by atoms with van der Waals surface area (Å²) in [6.07, 6.45) is 0.955. The van der Waals surface area contributed by atoms with Crippen LogP contribution in [0.1, 0.15) is 61.6 Å². The van der Waals surface area contributed by atoms with Crippen LogP contribution in [0.15, 0.2) is 30.3 Å². The van der Waals surface area contributed by atoms with E-state index in [2.05, 4.69) is 57.3 Å². The second-order valence-electron chi connectivity index (χ2n) is 8.12. The minimum atomic E-state index is 0.134. The largest absolute Gasteiger partial charge is 0.493 e. The smallest absolute Gasteiger partial charge is 0.164 e. The second kappa shape index (κ2) is 7.32. The van der Waals surface area contributed by atoms with Gasteiger partial charge in [-0.2, -0.15) is 0 Å². The Morgan fingerprint density at radius 3 is 2.58 bits per heavy atom. The van der Waals surface area contributed by atoms with Crippen LogP contribution in [0.4, 0.5) is 0 Å². The molecule has 2 aromatic rings. The van der Waals surface area contributed by atoms with Crippen molar-refractivity contribution in [2.45, 2.75) is 52.5 Å². The highest BCUT2D eigenvalue weighted by Crippen LogP contribution is 2.40. The van der Waals surface area contributed by atoms with Gasteiger partial charge in [0, 0.05) is 12.1 Å². The van der Waals surface area contributed by atoms with E-state index in [1.165, 1.54) is 27.8 Å². The number of rotatable bonds is 4. The molecule has 0 aliphatic carbocycles. The van der Waals surface area contributed by atoms with Crippen molar-refractivity contribution >= 4 is 0 Å². The number of benzene rings is 2. The molecule has 1 atom stereocenters. The zero-order valence-corrected chi connectivity index (χ0v) is 16.9. The van der Waals surface area contributed by atoms with Crippen molar-refractivity contribution in [1.29, 1.82) is 0 Å². The molecule has 0 aromatic heterocycles. The van der Waals surface area contributed by atoms with Crippen LogP contribution >= 0.6 is 0 Å². The summed E-state index contributed by atoms with van der Waals surface area (Å²) in [5.41, 5.74) is 6.71. The Hall–Kier alpha value is -2.00. The number of methoxy groups -OCH3 is 1. The molecule has 26 heavy (non-hydrogen) atoms. The molecule has 0 fully saturated rings. The first-order valence-corrected chi connectivity index (χ1v) is 9.53. The maximum Gasteiger partial charge on any atom is 0.164 e. The van der Waals surface area contributed by atoms with Crippen LogP contribution < -0.4 is 14.8 Å². The van der Waals surface area contributed by atoms with Crippen LogP contribution in [0.3, 0.4) is 0 Å². The Labute approximate surface area is 157 Å². The molecule has 1 aliphatic rings. The molecule has 2 aromatic carbocycles. The Morgan fingerprint density at radius 2 is 1.92 bits per heavy atom. The van der Waals surface area contributed by atoms with Crippen molar-refractivity contribution in [3.05, 3.63) is 58.1 Å². The summed E-state index contributed by atoms with van der Waals surface area (Å²) in [6.45, 7) is 12.6. The predicted octanol–water partition coefficient (Wildman–Crippen LogP) is 4.93. The van der Waals surface area contributed by atoms with E-state index in [-0.39, 0.29) is 11.5 Å². The molecular formula is C23H31NO2. The van der Waals surface area contributed by atoms with Crippen molar-refractivity contribution in [3.8, 4) is 11.5 Å².